The second-order valence-corrected chi connectivity index (χ2v) is 4.59. The molecule has 2 aliphatic heterocycles. The van der Waals surface area contributed by atoms with Crippen LogP contribution in [0, 0.1) is 0 Å². The Morgan fingerprint density at radius 3 is 2.92 bits per heavy atom. The molecule has 72 valence electrons. The van der Waals surface area contributed by atoms with E-state index in [4.69, 9.17) is 5.11 Å². The van der Waals surface area contributed by atoms with Crippen LogP contribution in [0.1, 0.15) is 19.8 Å². The van der Waals surface area contributed by atoms with E-state index in [2.05, 4.69) is 0 Å². The summed E-state index contributed by atoms with van der Waals surface area (Å²) in [6.07, 6.45) is 1.01. The van der Waals surface area contributed by atoms with Crippen molar-refractivity contribution in [3.63, 3.8) is 0 Å². The van der Waals surface area contributed by atoms with Crippen LogP contribution in [0.3, 0.4) is 0 Å². The van der Waals surface area contributed by atoms with Crippen molar-refractivity contribution in [1.29, 1.82) is 0 Å². The lowest BCUT2D eigenvalue weighted by molar-refractivity contribution is -0.164. The molecule has 0 aromatic heterocycles. The normalized spacial score (nSPS) is 37.2. The number of hydrogen-bond acceptors (Lipinski definition) is 3. The lowest BCUT2D eigenvalue weighted by Gasteiger charge is -2.42. The topological polar surface area (TPSA) is 57.6 Å². The number of thioether (sulfide) groups is 1. The van der Waals surface area contributed by atoms with Crippen LogP contribution in [-0.2, 0) is 9.59 Å². The van der Waals surface area contributed by atoms with Gasteiger partial charge in [0, 0.05) is 5.75 Å². The number of aliphatic carboxylic acids is 1. The fraction of sp³-hybridized carbons (Fsp3) is 0.750. The van der Waals surface area contributed by atoms with E-state index >= 15 is 0 Å². The third-order valence-electron chi connectivity index (χ3n) is 2.86. The summed E-state index contributed by atoms with van der Waals surface area (Å²) in [5, 5.41) is 9.22. The van der Waals surface area contributed by atoms with Gasteiger partial charge in [0.05, 0.1) is 11.8 Å². The second kappa shape index (κ2) is 2.64. The zero-order chi connectivity index (χ0) is 9.64. The standard InChI is InChI=1S/C8H11NO3S/c1-2-8(7(11)12)4-13-6-3-5(10)9(6)8/h6H,2-4H2,1H3,(H,11,12). The van der Waals surface area contributed by atoms with E-state index in [1.807, 2.05) is 6.92 Å². The average molecular weight is 201 g/mol. The molecule has 2 fully saturated rings. The number of hydrogen-bond donors (Lipinski definition) is 1. The van der Waals surface area contributed by atoms with Gasteiger partial charge in [0.25, 0.3) is 0 Å². The molecule has 0 bridgehead atoms. The van der Waals surface area contributed by atoms with Gasteiger partial charge in [-0.25, -0.2) is 4.79 Å². The summed E-state index contributed by atoms with van der Waals surface area (Å²) in [6.45, 7) is 1.82. The first kappa shape index (κ1) is 8.87. The van der Waals surface area contributed by atoms with E-state index in [0.717, 1.165) is 0 Å². The molecule has 0 aromatic carbocycles. The highest BCUT2D eigenvalue weighted by atomic mass is 32.2. The van der Waals surface area contributed by atoms with Crippen LogP contribution in [0.25, 0.3) is 0 Å². The van der Waals surface area contributed by atoms with Gasteiger partial charge in [-0.3, -0.25) is 4.79 Å². The highest BCUT2D eigenvalue weighted by Crippen LogP contribution is 2.46. The molecule has 1 amide bonds. The maximum Gasteiger partial charge on any atom is 0.330 e. The molecule has 2 atom stereocenters. The van der Waals surface area contributed by atoms with E-state index in [0.29, 0.717) is 18.6 Å². The lowest BCUT2D eigenvalue weighted by Crippen LogP contribution is -2.62. The van der Waals surface area contributed by atoms with Crippen LogP contribution in [0.2, 0.25) is 0 Å². The number of β-lactam (4-membered cyclic amide) rings is 1. The third kappa shape index (κ3) is 0.935. The Balaban J connectivity index is 2.31. The molecule has 2 saturated heterocycles. The minimum Gasteiger partial charge on any atom is -0.479 e. The van der Waals surface area contributed by atoms with Crippen LogP contribution >= 0.6 is 11.8 Å². The van der Waals surface area contributed by atoms with Crippen molar-refractivity contribution in [3.05, 3.63) is 0 Å². The second-order valence-electron chi connectivity index (χ2n) is 3.42. The van der Waals surface area contributed by atoms with Crippen LogP contribution in [0.15, 0.2) is 0 Å². The highest BCUT2D eigenvalue weighted by Gasteiger charge is 2.58. The first-order valence-electron chi connectivity index (χ1n) is 4.29. The summed E-state index contributed by atoms with van der Waals surface area (Å²) in [6, 6.07) is 0. The predicted octanol–water partition coefficient (Wildman–Crippen LogP) is 0.525. The Morgan fingerprint density at radius 2 is 2.54 bits per heavy atom. The van der Waals surface area contributed by atoms with Crippen LogP contribution in [0.5, 0.6) is 0 Å². The molecule has 13 heavy (non-hydrogen) atoms. The van der Waals surface area contributed by atoms with E-state index in [1.165, 1.54) is 0 Å². The fourth-order valence-corrected chi connectivity index (χ4v) is 3.59. The van der Waals surface area contributed by atoms with E-state index in [1.54, 1.807) is 16.7 Å². The quantitative estimate of drug-likeness (QED) is 0.662. The van der Waals surface area contributed by atoms with Gasteiger partial charge >= 0.3 is 5.97 Å². The number of carboxylic acids is 1. The Morgan fingerprint density at radius 1 is 1.85 bits per heavy atom. The zero-order valence-corrected chi connectivity index (χ0v) is 8.13. The summed E-state index contributed by atoms with van der Waals surface area (Å²) < 4.78 is 0. The Kier molecular flexibility index (Phi) is 1.80. The van der Waals surface area contributed by atoms with Gasteiger partial charge in [0.15, 0.2) is 0 Å². The van der Waals surface area contributed by atoms with Gasteiger partial charge in [0.2, 0.25) is 5.91 Å². The number of carboxylic acid groups (broad SMARTS) is 1. The number of carbonyl (C=O) groups excluding carboxylic acids is 1. The smallest absolute Gasteiger partial charge is 0.330 e. The van der Waals surface area contributed by atoms with Crippen molar-refractivity contribution in [3.8, 4) is 0 Å². The molecule has 0 radical (unpaired) electrons. The Hall–Kier alpha value is -0.710. The molecule has 1 N–H and O–H groups in total. The third-order valence-corrected chi connectivity index (χ3v) is 4.27. The van der Waals surface area contributed by atoms with E-state index < -0.39 is 11.5 Å². The number of nitrogens with zero attached hydrogens (tertiary/aromatic N) is 1. The van der Waals surface area contributed by atoms with Crippen molar-refractivity contribution in [1.82, 2.24) is 4.90 Å². The minimum absolute atomic E-state index is 0.0146. The molecule has 0 aliphatic carbocycles. The Labute approximate surface area is 80.3 Å². The van der Waals surface area contributed by atoms with Crippen molar-refractivity contribution < 1.29 is 14.7 Å². The highest BCUT2D eigenvalue weighted by molar-refractivity contribution is 8.00. The number of rotatable bonds is 2. The largest absolute Gasteiger partial charge is 0.479 e. The lowest BCUT2D eigenvalue weighted by atomic mass is 9.92. The molecule has 2 heterocycles. The zero-order valence-electron chi connectivity index (χ0n) is 7.32. The molecular weight excluding hydrogens is 190 g/mol. The van der Waals surface area contributed by atoms with Gasteiger partial charge in [-0.1, -0.05) is 6.92 Å². The fourth-order valence-electron chi connectivity index (χ4n) is 1.93. The summed E-state index contributed by atoms with van der Waals surface area (Å²) in [5.41, 5.74) is -0.912. The number of fused-ring (bicyclic) bond motifs is 1. The maximum absolute atomic E-state index is 11.2. The van der Waals surface area contributed by atoms with Gasteiger partial charge in [0.1, 0.15) is 5.54 Å². The van der Waals surface area contributed by atoms with Crippen molar-refractivity contribution >= 4 is 23.6 Å². The molecular formula is C8H11NO3S. The molecule has 0 aromatic rings. The molecule has 0 spiro atoms. The monoisotopic (exact) mass is 201 g/mol. The van der Waals surface area contributed by atoms with Gasteiger partial charge in [-0.15, -0.1) is 11.8 Å². The van der Waals surface area contributed by atoms with Crippen LogP contribution < -0.4 is 0 Å². The number of amides is 1. The first-order valence-corrected chi connectivity index (χ1v) is 5.34. The maximum atomic E-state index is 11.2. The molecule has 4 nitrogen and oxygen atoms in total. The minimum atomic E-state index is -0.912. The van der Waals surface area contributed by atoms with Gasteiger partial charge in [-0.2, -0.15) is 0 Å². The molecule has 2 aliphatic rings. The summed E-state index contributed by atoms with van der Waals surface area (Å²) in [7, 11) is 0. The predicted molar refractivity (Wildman–Crippen MR) is 48.4 cm³/mol. The summed E-state index contributed by atoms with van der Waals surface area (Å²) in [4.78, 5) is 23.9. The summed E-state index contributed by atoms with van der Waals surface area (Å²) in [5.74, 6) is -0.341. The summed E-state index contributed by atoms with van der Waals surface area (Å²) >= 11 is 1.58. The van der Waals surface area contributed by atoms with Gasteiger partial charge in [-0.05, 0) is 6.42 Å². The molecule has 2 unspecified atom stereocenters. The molecule has 2 rings (SSSR count). The van der Waals surface area contributed by atoms with Crippen LogP contribution in [-0.4, -0.2) is 38.5 Å². The van der Waals surface area contributed by atoms with Crippen molar-refractivity contribution in [2.75, 3.05) is 5.75 Å². The van der Waals surface area contributed by atoms with Crippen LogP contribution in [0.4, 0.5) is 0 Å². The molecule has 0 saturated carbocycles. The van der Waals surface area contributed by atoms with Crippen molar-refractivity contribution in [2.24, 2.45) is 0 Å². The average Bonchev–Trinajstić information content (AvgIpc) is 2.38. The van der Waals surface area contributed by atoms with E-state index in [-0.39, 0.29) is 11.3 Å². The first-order chi connectivity index (χ1) is 6.12. The Bertz CT molecular complexity index is 281. The number of carbonyl (C=O) groups is 2. The van der Waals surface area contributed by atoms with Crippen molar-refractivity contribution in [2.45, 2.75) is 30.7 Å². The van der Waals surface area contributed by atoms with E-state index in [9.17, 15) is 9.59 Å². The molecule has 5 heteroatoms. The van der Waals surface area contributed by atoms with Gasteiger partial charge < -0.3 is 10.0 Å². The SMILES string of the molecule is CCC1(C(=O)O)CSC2CC(=O)N21.